The molecule has 19 heavy (non-hydrogen) atoms. The van der Waals surface area contributed by atoms with E-state index in [1.54, 1.807) is 6.20 Å². The van der Waals surface area contributed by atoms with E-state index >= 15 is 0 Å². The molecule has 0 atom stereocenters. The van der Waals surface area contributed by atoms with Gasteiger partial charge in [-0.15, -0.1) is 0 Å². The Bertz CT molecular complexity index is 527. The SMILES string of the molecule is OCC(CO)(CO)NCc1ccnc2ccccc12. The first-order valence-electron chi connectivity index (χ1n) is 6.15. The molecule has 1 heterocycles. The number of hydrogen-bond acceptors (Lipinski definition) is 5. The molecule has 2 aromatic rings. The zero-order chi connectivity index (χ0) is 13.7. The highest BCUT2D eigenvalue weighted by Crippen LogP contribution is 2.16. The van der Waals surface area contributed by atoms with Crippen molar-refractivity contribution in [3.63, 3.8) is 0 Å². The third-order valence-electron chi connectivity index (χ3n) is 3.30. The quantitative estimate of drug-likeness (QED) is 0.590. The molecule has 102 valence electrons. The minimum Gasteiger partial charge on any atom is -0.394 e. The summed E-state index contributed by atoms with van der Waals surface area (Å²) in [5, 5.41) is 31.8. The normalized spacial score (nSPS) is 11.9. The number of benzene rings is 1. The third kappa shape index (κ3) is 2.90. The van der Waals surface area contributed by atoms with E-state index in [0.29, 0.717) is 6.54 Å². The number of aromatic nitrogens is 1. The van der Waals surface area contributed by atoms with Gasteiger partial charge in [-0.1, -0.05) is 18.2 Å². The fourth-order valence-electron chi connectivity index (χ4n) is 1.91. The zero-order valence-electron chi connectivity index (χ0n) is 10.6. The van der Waals surface area contributed by atoms with E-state index in [2.05, 4.69) is 10.3 Å². The lowest BCUT2D eigenvalue weighted by molar-refractivity contribution is 0.0414. The van der Waals surface area contributed by atoms with Crippen molar-refractivity contribution in [2.45, 2.75) is 12.1 Å². The van der Waals surface area contributed by atoms with E-state index in [-0.39, 0.29) is 19.8 Å². The minimum absolute atomic E-state index is 0.330. The van der Waals surface area contributed by atoms with Crippen LogP contribution in [0.1, 0.15) is 5.56 Å². The van der Waals surface area contributed by atoms with Crippen LogP contribution in [0.5, 0.6) is 0 Å². The van der Waals surface area contributed by atoms with Gasteiger partial charge < -0.3 is 20.6 Å². The smallest absolute Gasteiger partial charge is 0.0884 e. The van der Waals surface area contributed by atoms with Gasteiger partial charge >= 0.3 is 0 Å². The molecule has 0 aliphatic carbocycles. The molecule has 0 aliphatic rings. The number of rotatable bonds is 6. The Kier molecular flexibility index (Phi) is 4.44. The number of fused-ring (bicyclic) bond motifs is 1. The summed E-state index contributed by atoms with van der Waals surface area (Å²) in [7, 11) is 0. The number of nitrogens with zero attached hydrogens (tertiary/aromatic N) is 1. The predicted octanol–water partition coefficient (Wildman–Crippen LogP) is 0.0401. The fraction of sp³-hybridized carbons (Fsp3) is 0.357. The molecule has 1 aromatic heterocycles. The van der Waals surface area contributed by atoms with Gasteiger partial charge in [-0.05, 0) is 17.7 Å². The summed E-state index contributed by atoms with van der Waals surface area (Å²) in [4.78, 5) is 4.27. The van der Waals surface area contributed by atoms with E-state index in [4.69, 9.17) is 0 Å². The van der Waals surface area contributed by atoms with Crippen molar-refractivity contribution in [2.75, 3.05) is 19.8 Å². The molecule has 1 aromatic carbocycles. The highest BCUT2D eigenvalue weighted by Gasteiger charge is 2.27. The van der Waals surface area contributed by atoms with Gasteiger partial charge in [0, 0.05) is 18.1 Å². The topological polar surface area (TPSA) is 85.6 Å². The molecule has 5 heteroatoms. The number of aliphatic hydroxyl groups is 3. The molecule has 0 saturated heterocycles. The molecule has 0 unspecified atom stereocenters. The number of para-hydroxylation sites is 1. The van der Waals surface area contributed by atoms with Crippen LogP contribution in [0.4, 0.5) is 0 Å². The van der Waals surface area contributed by atoms with Crippen molar-refractivity contribution >= 4 is 10.9 Å². The van der Waals surface area contributed by atoms with Crippen LogP contribution in [-0.2, 0) is 6.54 Å². The number of hydrogen-bond donors (Lipinski definition) is 4. The van der Waals surface area contributed by atoms with E-state index < -0.39 is 5.54 Å². The second kappa shape index (κ2) is 6.08. The first-order valence-corrected chi connectivity index (χ1v) is 6.15. The molecule has 0 bridgehead atoms. The van der Waals surface area contributed by atoms with Gasteiger partial charge in [0.1, 0.15) is 0 Å². The van der Waals surface area contributed by atoms with Crippen LogP contribution in [0.25, 0.3) is 10.9 Å². The maximum atomic E-state index is 9.27. The van der Waals surface area contributed by atoms with Crippen molar-refractivity contribution in [2.24, 2.45) is 0 Å². The molecule has 5 nitrogen and oxygen atoms in total. The average molecular weight is 262 g/mol. The Morgan fingerprint density at radius 1 is 1.00 bits per heavy atom. The van der Waals surface area contributed by atoms with E-state index in [9.17, 15) is 15.3 Å². The van der Waals surface area contributed by atoms with Gasteiger partial charge in [0.05, 0.1) is 30.9 Å². The van der Waals surface area contributed by atoms with Crippen molar-refractivity contribution in [3.05, 3.63) is 42.1 Å². The van der Waals surface area contributed by atoms with Crippen LogP contribution < -0.4 is 5.32 Å². The van der Waals surface area contributed by atoms with Crippen LogP contribution >= 0.6 is 0 Å². The second-order valence-electron chi connectivity index (χ2n) is 4.60. The van der Waals surface area contributed by atoms with E-state index in [1.807, 2.05) is 30.3 Å². The zero-order valence-corrected chi connectivity index (χ0v) is 10.6. The summed E-state index contributed by atoms with van der Waals surface area (Å²) in [5.41, 5.74) is 0.833. The lowest BCUT2D eigenvalue weighted by Crippen LogP contribution is -2.54. The molecule has 2 rings (SSSR count). The van der Waals surface area contributed by atoms with Crippen LogP contribution in [0.15, 0.2) is 36.5 Å². The van der Waals surface area contributed by atoms with Crippen molar-refractivity contribution < 1.29 is 15.3 Å². The standard InChI is InChI=1S/C14H18N2O3/c17-8-14(9-18,10-19)16-7-11-5-6-15-13-4-2-1-3-12(11)13/h1-6,16-19H,7-10H2. The Balaban J connectivity index is 2.22. The summed E-state index contributed by atoms with van der Waals surface area (Å²) in [6.45, 7) is -0.556. The molecule has 0 amide bonds. The van der Waals surface area contributed by atoms with Gasteiger partial charge in [-0.3, -0.25) is 4.98 Å². The lowest BCUT2D eigenvalue weighted by Gasteiger charge is -2.29. The molecular weight excluding hydrogens is 244 g/mol. The Morgan fingerprint density at radius 3 is 2.37 bits per heavy atom. The predicted molar refractivity (Wildman–Crippen MR) is 72.6 cm³/mol. The van der Waals surface area contributed by atoms with Gasteiger partial charge in [0.25, 0.3) is 0 Å². The highest BCUT2D eigenvalue weighted by molar-refractivity contribution is 5.81. The maximum Gasteiger partial charge on any atom is 0.0884 e. The van der Waals surface area contributed by atoms with Gasteiger partial charge in [-0.25, -0.2) is 0 Å². The number of pyridine rings is 1. The largest absolute Gasteiger partial charge is 0.394 e. The summed E-state index contributed by atoms with van der Waals surface area (Å²) < 4.78 is 0. The minimum atomic E-state index is -1.07. The Morgan fingerprint density at radius 2 is 1.68 bits per heavy atom. The first kappa shape index (κ1) is 13.9. The average Bonchev–Trinajstić information content (AvgIpc) is 2.49. The van der Waals surface area contributed by atoms with E-state index in [0.717, 1.165) is 16.5 Å². The summed E-state index contributed by atoms with van der Waals surface area (Å²) in [6, 6.07) is 9.64. The van der Waals surface area contributed by atoms with Gasteiger partial charge in [-0.2, -0.15) is 0 Å². The molecule has 0 saturated carbocycles. The Labute approximate surface area is 111 Å². The van der Waals surface area contributed by atoms with Crippen molar-refractivity contribution in [1.82, 2.24) is 10.3 Å². The Hall–Kier alpha value is -1.53. The van der Waals surface area contributed by atoms with Crippen LogP contribution in [0, 0.1) is 0 Å². The van der Waals surface area contributed by atoms with Crippen molar-refractivity contribution in [3.8, 4) is 0 Å². The first-order chi connectivity index (χ1) is 9.24. The molecule has 0 spiro atoms. The molecule has 0 fully saturated rings. The lowest BCUT2D eigenvalue weighted by atomic mass is 10.0. The fourth-order valence-corrected chi connectivity index (χ4v) is 1.91. The maximum absolute atomic E-state index is 9.27. The number of nitrogens with one attached hydrogen (secondary N) is 1. The third-order valence-corrected chi connectivity index (χ3v) is 3.30. The monoisotopic (exact) mass is 262 g/mol. The van der Waals surface area contributed by atoms with Gasteiger partial charge in [0.15, 0.2) is 0 Å². The highest BCUT2D eigenvalue weighted by atomic mass is 16.3. The van der Waals surface area contributed by atoms with Crippen LogP contribution in [0.3, 0.4) is 0 Å². The van der Waals surface area contributed by atoms with Crippen LogP contribution in [-0.4, -0.2) is 45.7 Å². The second-order valence-corrected chi connectivity index (χ2v) is 4.60. The molecular formula is C14H18N2O3. The molecule has 0 radical (unpaired) electrons. The van der Waals surface area contributed by atoms with Crippen molar-refractivity contribution in [1.29, 1.82) is 0 Å². The molecule has 4 N–H and O–H groups in total. The summed E-state index contributed by atoms with van der Waals surface area (Å²) in [5.74, 6) is 0. The molecule has 0 aliphatic heterocycles. The van der Waals surface area contributed by atoms with Crippen LogP contribution in [0.2, 0.25) is 0 Å². The number of aliphatic hydroxyl groups excluding tert-OH is 3. The van der Waals surface area contributed by atoms with E-state index in [1.165, 1.54) is 0 Å². The van der Waals surface area contributed by atoms with Gasteiger partial charge in [0.2, 0.25) is 0 Å². The summed E-state index contributed by atoms with van der Waals surface area (Å²) in [6.07, 6.45) is 1.72. The summed E-state index contributed by atoms with van der Waals surface area (Å²) >= 11 is 0.